The number of piperidine rings is 1. The van der Waals surface area contributed by atoms with E-state index >= 15 is 0 Å². The molecule has 2 saturated carbocycles. The summed E-state index contributed by atoms with van der Waals surface area (Å²) in [5.41, 5.74) is 0.775. The number of carbonyl (C=O) groups excluding carboxylic acids is 1. The van der Waals surface area contributed by atoms with E-state index in [2.05, 4.69) is 22.2 Å². The zero-order valence-corrected chi connectivity index (χ0v) is 17.4. The summed E-state index contributed by atoms with van der Waals surface area (Å²) in [6.07, 6.45) is 4.80. The summed E-state index contributed by atoms with van der Waals surface area (Å²) >= 11 is 0. The van der Waals surface area contributed by atoms with Crippen LogP contribution in [0.5, 0.6) is 0 Å². The highest BCUT2D eigenvalue weighted by molar-refractivity contribution is 5.80. The van der Waals surface area contributed by atoms with Gasteiger partial charge in [-0.3, -0.25) is 4.79 Å². The number of carbonyl (C=O) groups is 1. The average molecular weight is 430 g/mol. The third-order valence-electron chi connectivity index (χ3n) is 8.12. The second kappa shape index (κ2) is 6.33. The molecular weight excluding hydrogens is 405 g/mol. The molecule has 6 rings (SSSR count). The largest absolute Gasteiger partial charge is 0.433 e. The number of amides is 1. The number of aryl methyl sites for hydroxylation is 1. The quantitative estimate of drug-likeness (QED) is 0.665. The second-order valence-corrected chi connectivity index (χ2v) is 9.81. The fourth-order valence-electron chi connectivity index (χ4n) is 6.41. The second-order valence-electron chi connectivity index (χ2n) is 9.81. The van der Waals surface area contributed by atoms with Crippen LogP contribution in [-0.2, 0) is 11.0 Å². The van der Waals surface area contributed by atoms with Gasteiger partial charge in [-0.2, -0.15) is 18.3 Å². The lowest BCUT2D eigenvalue weighted by Gasteiger charge is -2.35. The number of aromatic nitrogens is 3. The van der Waals surface area contributed by atoms with Crippen molar-refractivity contribution in [3.63, 3.8) is 0 Å². The van der Waals surface area contributed by atoms with Crippen molar-refractivity contribution in [2.45, 2.75) is 51.1 Å². The number of alkyl halides is 3. The smallest absolute Gasteiger partial charge is 0.342 e. The number of fused-ring (bicyclic) bond motifs is 1. The highest BCUT2D eigenvalue weighted by atomic mass is 19.4. The fourth-order valence-corrected chi connectivity index (χ4v) is 6.41. The van der Waals surface area contributed by atoms with Gasteiger partial charge in [0.2, 0.25) is 5.91 Å². The molecule has 3 aliphatic carbocycles. The number of rotatable bonds is 2. The third-order valence-corrected chi connectivity index (χ3v) is 8.12. The summed E-state index contributed by atoms with van der Waals surface area (Å²) in [6, 6.07) is 2.72. The van der Waals surface area contributed by atoms with Gasteiger partial charge >= 0.3 is 6.18 Å². The minimum absolute atomic E-state index is 0.0833. The molecule has 3 atom stereocenters. The molecule has 2 bridgehead atoms. The molecule has 1 saturated heterocycles. The van der Waals surface area contributed by atoms with Crippen molar-refractivity contribution in [2.75, 3.05) is 13.1 Å². The predicted octanol–water partition coefficient (Wildman–Crippen LogP) is 4.36. The van der Waals surface area contributed by atoms with Crippen LogP contribution in [-0.4, -0.2) is 38.5 Å². The van der Waals surface area contributed by atoms with Gasteiger partial charge in [-0.25, -0.2) is 9.50 Å². The summed E-state index contributed by atoms with van der Waals surface area (Å²) in [5, 5.41) is 3.96. The normalized spacial score (nSPS) is 29.4. The molecule has 2 aromatic heterocycles. The summed E-state index contributed by atoms with van der Waals surface area (Å²) in [4.78, 5) is 19.7. The van der Waals surface area contributed by atoms with Gasteiger partial charge in [-0.15, -0.1) is 0 Å². The third kappa shape index (κ3) is 2.86. The highest BCUT2D eigenvalue weighted by Crippen LogP contribution is 2.70. The van der Waals surface area contributed by atoms with Crippen LogP contribution in [0.2, 0.25) is 0 Å². The lowest BCUT2D eigenvalue weighted by molar-refractivity contribution is -0.142. The topological polar surface area (TPSA) is 50.5 Å². The standard InChI is InChI=1S/C23H25F3N4O/c1-13-10-20-27-18(12-19(23(24,25)26)30(20)28-13)14-4-8-29(9-5-14)21(31)16-11-15-2-3-17(16)22(15)6-7-22/h2-3,10,12,14-17H,4-9,11H2,1H3/t15-,16-,17-/m0/s1. The maximum Gasteiger partial charge on any atom is 0.433 e. The van der Waals surface area contributed by atoms with Crippen LogP contribution in [0.3, 0.4) is 0 Å². The minimum Gasteiger partial charge on any atom is -0.342 e. The van der Waals surface area contributed by atoms with E-state index < -0.39 is 11.9 Å². The Kier molecular flexibility index (Phi) is 3.94. The number of hydrogen-bond donors (Lipinski definition) is 0. The molecule has 3 fully saturated rings. The van der Waals surface area contributed by atoms with Crippen LogP contribution >= 0.6 is 0 Å². The Bertz CT molecular complexity index is 1090. The first kappa shape index (κ1) is 19.3. The van der Waals surface area contributed by atoms with Crippen LogP contribution in [0.4, 0.5) is 13.2 Å². The van der Waals surface area contributed by atoms with E-state index in [1.807, 2.05) is 4.90 Å². The van der Waals surface area contributed by atoms with E-state index in [0.717, 1.165) is 17.0 Å². The molecule has 31 heavy (non-hydrogen) atoms. The molecule has 0 N–H and O–H groups in total. The SMILES string of the molecule is Cc1cc2nc(C3CCN(C(=O)[C@H]4C[C@@H]5C=C[C@@H]4C54CC4)CC3)cc(C(F)(F)F)n2n1. The van der Waals surface area contributed by atoms with Crippen molar-refractivity contribution in [3.05, 3.63) is 41.4 Å². The average Bonchev–Trinajstić information content (AvgIpc) is 3.24. The zero-order chi connectivity index (χ0) is 21.5. The van der Waals surface area contributed by atoms with Crippen LogP contribution < -0.4 is 0 Å². The van der Waals surface area contributed by atoms with Gasteiger partial charge < -0.3 is 4.90 Å². The first-order valence-corrected chi connectivity index (χ1v) is 11.2. The summed E-state index contributed by atoms with van der Waals surface area (Å²) in [5.74, 6) is 1.22. The molecule has 1 aliphatic heterocycles. The van der Waals surface area contributed by atoms with E-state index in [-0.39, 0.29) is 23.4 Å². The molecular formula is C23H25F3N4O. The molecule has 0 unspecified atom stereocenters. The Balaban J connectivity index is 1.19. The molecule has 1 spiro atoms. The number of allylic oxidation sites excluding steroid dienone is 2. The van der Waals surface area contributed by atoms with E-state index in [9.17, 15) is 18.0 Å². The first-order valence-electron chi connectivity index (χ1n) is 11.2. The van der Waals surface area contributed by atoms with Gasteiger partial charge in [0.05, 0.1) is 5.69 Å². The van der Waals surface area contributed by atoms with Crippen molar-refractivity contribution in [1.29, 1.82) is 0 Å². The first-order chi connectivity index (χ1) is 14.8. The van der Waals surface area contributed by atoms with Gasteiger partial charge in [0, 0.05) is 36.7 Å². The molecule has 164 valence electrons. The molecule has 0 aromatic carbocycles. The Morgan fingerprint density at radius 1 is 1.16 bits per heavy atom. The van der Waals surface area contributed by atoms with Crippen molar-refractivity contribution in [2.24, 2.45) is 23.2 Å². The molecule has 5 nitrogen and oxygen atoms in total. The van der Waals surface area contributed by atoms with Crippen LogP contribution in [0, 0.1) is 30.1 Å². The Labute approximate surface area is 178 Å². The zero-order valence-electron chi connectivity index (χ0n) is 17.4. The van der Waals surface area contributed by atoms with Crippen molar-refractivity contribution in [1.82, 2.24) is 19.5 Å². The van der Waals surface area contributed by atoms with Crippen LogP contribution in [0.25, 0.3) is 5.65 Å². The van der Waals surface area contributed by atoms with E-state index in [0.29, 0.717) is 54.6 Å². The predicted molar refractivity (Wildman–Crippen MR) is 107 cm³/mol. The molecule has 3 heterocycles. The van der Waals surface area contributed by atoms with E-state index in [4.69, 9.17) is 0 Å². The van der Waals surface area contributed by atoms with Crippen molar-refractivity contribution >= 4 is 11.6 Å². The monoisotopic (exact) mass is 430 g/mol. The number of hydrogen-bond acceptors (Lipinski definition) is 3. The molecule has 4 aliphatic rings. The number of likely N-dealkylation sites (tertiary alicyclic amines) is 1. The molecule has 1 amide bonds. The Morgan fingerprint density at radius 2 is 1.90 bits per heavy atom. The lowest BCUT2D eigenvalue weighted by atomic mass is 9.86. The maximum absolute atomic E-state index is 13.6. The van der Waals surface area contributed by atoms with Gasteiger partial charge in [-0.05, 0) is 62.3 Å². The summed E-state index contributed by atoms with van der Waals surface area (Å²) in [7, 11) is 0. The maximum atomic E-state index is 13.6. The summed E-state index contributed by atoms with van der Waals surface area (Å²) in [6.45, 7) is 2.83. The van der Waals surface area contributed by atoms with Crippen LogP contribution in [0.1, 0.15) is 55.1 Å². The molecule has 8 heteroatoms. The molecule has 2 aromatic rings. The minimum atomic E-state index is -4.50. The van der Waals surface area contributed by atoms with Crippen molar-refractivity contribution in [3.8, 4) is 0 Å². The van der Waals surface area contributed by atoms with E-state index in [1.165, 1.54) is 12.8 Å². The van der Waals surface area contributed by atoms with Gasteiger partial charge in [-0.1, -0.05) is 12.2 Å². The van der Waals surface area contributed by atoms with Gasteiger partial charge in [0.1, 0.15) is 5.69 Å². The van der Waals surface area contributed by atoms with E-state index in [1.54, 1.807) is 13.0 Å². The highest BCUT2D eigenvalue weighted by Gasteiger charge is 2.64. The van der Waals surface area contributed by atoms with Crippen molar-refractivity contribution < 1.29 is 18.0 Å². The fraction of sp³-hybridized carbons (Fsp3) is 0.609. The number of halogens is 3. The van der Waals surface area contributed by atoms with Crippen LogP contribution in [0.15, 0.2) is 24.3 Å². The van der Waals surface area contributed by atoms with Gasteiger partial charge in [0.15, 0.2) is 5.65 Å². The lowest BCUT2D eigenvalue weighted by Crippen LogP contribution is -2.42. The summed E-state index contributed by atoms with van der Waals surface area (Å²) < 4.78 is 41.7. The molecule has 0 radical (unpaired) electrons. The number of nitrogens with zero attached hydrogens (tertiary/aromatic N) is 4. The van der Waals surface area contributed by atoms with Gasteiger partial charge in [0.25, 0.3) is 0 Å². The Morgan fingerprint density at radius 3 is 2.55 bits per heavy atom. The Hall–Kier alpha value is -2.38.